The van der Waals surface area contributed by atoms with Gasteiger partial charge >= 0.3 is 0 Å². The molecule has 3 heterocycles. The molecule has 25 heavy (non-hydrogen) atoms. The van der Waals surface area contributed by atoms with E-state index >= 15 is 0 Å². The number of hydrogen-bond donors (Lipinski definition) is 1. The summed E-state index contributed by atoms with van der Waals surface area (Å²) in [6, 6.07) is 8.28. The Bertz CT molecular complexity index is 775. The second-order valence-electron chi connectivity index (χ2n) is 6.44. The molecule has 1 unspecified atom stereocenters. The maximum Gasteiger partial charge on any atom is 0.227 e. The number of nitrogens with zero attached hydrogens (tertiary/aromatic N) is 2. The van der Waals surface area contributed by atoms with Crippen molar-refractivity contribution < 1.29 is 9.53 Å². The van der Waals surface area contributed by atoms with Crippen molar-refractivity contribution in [1.29, 1.82) is 0 Å². The molecule has 0 bridgehead atoms. The summed E-state index contributed by atoms with van der Waals surface area (Å²) in [5.41, 5.74) is 4.37. The number of nitrogens with one attached hydrogen (secondary N) is 1. The smallest absolute Gasteiger partial charge is 0.227 e. The topological polar surface area (TPSA) is 54.5 Å². The predicted octanol–water partition coefficient (Wildman–Crippen LogP) is 2.82. The summed E-state index contributed by atoms with van der Waals surface area (Å²) in [5.74, 6) is 0.990. The molecule has 1 aromatic carbocycles. The lowest BCUT2D eigenvalue weighted by molar-refractivity contribution is -0.118. The molecule has 1 amide bonds. The highest BCUT2D eigenvalue weighted by Gasteiger charge is 2.21. The van der Waals surface area contributed by atoms with Gasteiger partial charge in [0, 0.05) is 37.5 Å². The van der Waals surface area contributed by atoms with Crippen LogP contribution in [0.15, 0.2) is 36.7 Å². The first kappa shape index (κ1) is 17.7. The summed E-state index contributed by atoms with van der Waals surface area (Å²) >= 11 is 0. The van der Waals surface area contributed by atoms with Gasteiger partial charge in [0.1, 0.15) is 11.9 Å². The van der Waals surface area contributed by atoms with E-state index in [2.05, 4.69) is 16.4 Å². The summed E-state index contributed by atoms with van der Waals surface area (Å²) in [6.45, 7) is 1.90. The van der Waals surface area contributed by atoms with Crippen LogP contribution in [0.3, 0.4) is 0 Å². The molecule has 132 valence electrons. The van der Waals surface area contributed by atoms with E-state index in [9.17, 15) is 4.79 Å². The van der Waals surface area contributed by atoms with Crippen LogP contribution in [-0.4, -0.2) is 37.1 Å². The minimum Gasteiger partial charge on any atom is -0.487 e. The van der Waals surface area contributed by atoms with Crippen LogP contribution < -0.4 is 15.0 Å². The van der Waals surface area contributed by atoms with Crippen molar-refractivity contribution in [3.63, 3.8) is 0 Å². The second kappa shape index (κ2) is 7.42. The molecule has 1 aromatic heterocycles. The van der Waals surface area contributed by atoms with E-state index in [4.69, 9.17) is 4.74 Å². The molecule has 2 aliphatic rings. The highest BCUT2D eigenvalue weighted by atomic mass is 35.5. The monoisotopic (exact) mass is 359 g/mol. The molecule has 2 aliphatic heterocycles. The zero-order valence-corrected chi connectivity index (χ0v) is 15.0. The summed E-state index contributed by atoms with van der Waals surface area (Å²) in [4.78, 5) is 17.9. The van der Waals surface area contributed by atoms with Crippen LogP contribution in [0.25, 0.3) is 11.1 Å². The molecule has 0 saturated carbocycles. The number of fused-ring (bicyclic) bond motifs is 1. The second-order valence-corrected chi connectivity index (χ2v) is 6.44. The molecule has 0 aliphatic carbocycles. The fourth-order valence-electron chi connectivity index (χ4n) is 3.40. The van der Waals surface area contributed by atoms with Gasteiger partial charge in [-0.2, -0.15) is 0 Å². The summed E-state index contributed by atoms with van der Waals surface area (Å²) in [5, 5.41) is 3.30. The van der Waals surface area contributed by atoms with Gasteiger partial charge in [-0.25, -0.2) is 0 Å². The zero-order valence-electron chi connectivity index (χ0n) is 14.2. The Kier molecular flexibility index (Phi) is 5.25. The Morgan fingerprint density at radius 3 is 2.88 bits per heavy atom. The van der Waals surface area contributed by atoms with Crippen molar-refractivity contribution in [3.8, 4) is 16.9 Å². The van der Waals surface area contributed by atoms with Crippen molar-refractivity contribution >= 4 is 24.0 Å². The molecule has 2 aromatic rings. The number of carbonyl (C=O) groups excluding carboxylic acids is 1. The van der Waals surface area contributed by atoms with Gasteiger partial charge in [-0.05, 0) is 48.7 Å². The van der Waals surface area contributed by atoms with Crippen molar-refractivity contribution in [2.45, 2.75) is 25.4 Å². The SMILES string of the molecule is CN1C(=O)CCc2cc(-c3cncc(OC4CCNC4)c3)ccc21.Cl. The summed E-state index contributed by atoms with van der Waals surface area (Å²) in [6.07, 6.45) is 6.26. The summed E-state index contributed by atoms with van der Waals surface area (Å²) in [7, 11) is 1.84. The third-order valence-electron chi connectivity index (χ3n) is 4.79. The molecule has 5 nitrogen and oxygen atoms in total. The minimum atomic E-state index is 0. The third kappa shape index (κ3) is 3.62. The van der Waals surface area contributed by atoms with Gasteiger partial charge < -0.3 is 15.0 Å². The number of aromatic nitrogens is 1. The predicted molar refractivity (Wildman–Crippen MR) is 101 cm³/mol. The normalized spacial score (nSPS) is 19.3. The Balaban J connectivity index is 0.00000182. The molecule has 6 heteroatoms. The molecule has 1 saturated heterocycles. The van der Waals surface area contributed by atoms with E-state index in [0.717, 1.165) is 48.5 Å². The minimum absolute atomic E-state index is 0. The first-order valence-corrected chi connectivity index (χ1v) is 8.43. The van der Waals surface area contributed by atoms with Crippen molar-refractivity contribution in [2.75, 3.05) is 25.0 Å². The number of benzene rings is 1. The number of anilines is 1. The fraction of sp³-hybridized carbons (Fsp3) is 0.368. The largest absolute Gasteiger partial charge is 0.487 e. The van der Waals surface area contributed by atoms with Crippen LogP contribution in [0.4, 0.5) is 5.69 Å². The third-order valence-corrected chi connectivity index (χ3v) is 4.79. The van der Waals surface area contributed by atoms with Crippen molar-refractivity contribution in [1.82, 2.24) is 10.3 Å². The lowest BCUT2D eigenvalue weighted by atomic mass is 9.97. The van der Waals surface area contributed by atoms with E-state index in [1.807, 2.05) is 31.4 Å². The van der Waals surface area contributed by atoms with E-state index < -0.39 is 0 Å². The van der Waals surface area contributed by atoms with Gasteiger partial charge in [0.05, 0.1) is 6.20 Å². The lowest BCUT2D eigenvalue weighted by Gasteiger charge is -2.26. The summed E-state index contributed by atoms with van der Waals surface area (Å²) < 4.78 is 6.00. The average Bonchev–Trinajstić information content (AvgIpc) is 3.11. The van der Waals surface area contributed by atoms with Crippen LogP contribution in [0, 0.1) is 0 Å². The number of hydrogen-bond acceptors (Lipinski definition) is 4. The number of rotatable bonds is 3. The molecule has 0 radical (unpaired) electrons. The van der Waals surface area contributed by atoms with E-state index in [1.165, 1.54) is 5.56 Å². The average molecular weight is 360 g/mol. The van der Waals surface area contributed by atoms with Crippen molar-refractivity contribution in [2.24, 2.45) is 0 Å². The van der Waals surface area contributed by atoms with Gasteiger partial charge in [0.2, 0.25) is 5.91 Å². The molecule has 0 spiro atoms. The number of amides is 1. The van der Waals surface area contributed by atoms with Gasteiger partial charge in [-0.1, -0.05) is 6.07 Å². The molecule has 1 fully saturated rings. The fourth-order valence-corrected chi connectivity index (χ4v) is 3.40. The number of halogens is 1. The Labute approximate surface area is 153 Å². The maximum absolute atomic E-state index is 11.8. The highest BCUT2D eigenvalue weighted by Crippen LogP contribution is 2.32. The quantitative estimate of drug-likeness (QED) is 0.915. The standard InChI is InChI=1S/C19H21N3O2.ClH/c1-22-18-4-2-13(8-14(18)3-5-19(22)23)15-9-17(12-21-10-15)24-16-6-7-20-11-16;/h2,4,8-10,12,16,20H,3,5-7,11H2,1H3;1H. The Morgan fingerprint density at radius 1 is 1.20 bits per heavy atom. The first-order chi connectivity index (χ1) is 11.7. The highest BCUT2D eigenvalue weighted by molar-refractivity contribution is 5.96. The maximum atomic E-state index is 11.8. The van der Waals surface area contributed by atoms with Crippen molar-refractivity contribution in [3.05, 3.63) is 42.2 Å². The number of pyridine rings is 1. The van der Waals surface area contributed by atoms with Crippen LogP contribution >= 0.6 is 12.4 Å². The zero-order chi connectivity index (χ0) is 16.5. The number of aryl methyl sites for hydroxylation is 1. The molecular formula is C19H22ClN3O2. The van der Waals surface area contributed by atoms with E-state index in [1.54, 1.807) is 11.1 Å². The van der Waals surface area contributed by atoms with Crippen LogP contribution in [-0.2, 0) is 11.2 Å². The van der Waals surface area contributed by atoms with E-state index in [0.29, 0.717) is 6.42 Å². The van der Waals surface area contributed by atoms with Crippen LogP contribution in [0.5, 0.6) is 5.75 Å². The van der Waals surface area contributed by atoms with Gasteiger partial charge in [-0.15, -0.1) is 12.4 Å². The van der Waals surface area contributed by atoms with Crippen LogP contribution in [0.2, 0.25) is 0 Å². The number of carbonyl (C=O) groups is 1. The van der Waals surface area contributed by atoms with Gasteiger partial charge in [-0.3, -0.25) is 9.78 Å². The molecular weight excluding hydrogens is 338 g/mol. The molecule has 4 rings (SSSR count). The molecule has 1 N–H and O–H groups in total. The Hall–Kier alpha value is -2.11. The lowest BCUT2D eigenvalue weighted by Crippen LogP contribution is -2.30. The van der Waals surface area contributed by atoms with Crippen LogP contribution in [0.1, 0.15) is 18.4 Å². The van der Waals surface area contributed by atoms with E-state index in [-0.39, 0.29) is 24.4 Å². The molecule has 1 atom stereocenters. The first-order valence-electron chi connectivity index (χ1n) is 8.43. The van der Waals surface area contributed by atoms with Gasteiger partial charge in [0.15, 0.2) is 0 Å². The number of ether oxygens (including phenoxy) is 1. The van der Waals surface area contributed by atoms with Gasteiger partial charge in [0.25, 0.3) is 0 Å². The Morgan fingerprint density at radius 2 is 2.08 bits per heavy atom.